The molecule has 1 nitrogen and oxygen atoms in total. The summed E-state index contributed by atoms with van der Waals surface area (Å²) in [5, 5.41) is 12.7. The molecule has 1 heterocycles. The van der Waals surface area contributed by atoms with Crippen molar-refractivity contribution in [2.45, 2.75) is 17.9 Å². The first-order chi connectivity index (χ1) is 7.77. The van der Waals surface area contributed by atoms with E-state index in [0.29, 0.717) is 5.92 Å². The Hall–Kier alpha value is -0.990. The van der Waals surface area contributed by atoms with E-state index in [1.165, 1.54) is 15.7 Å². The summed E-state index contributed by atoms with van der Waals surface area (Å²) in [6.45, 7) is 2.11. The SMILES string of the molecule is CC1CSc2ccc3ccccc3c2C1O. The van der Waals surface area contributed by atoms with Gasteiger partial charge in [-0.1, -0.05) is 37.3 Å². The van der Waals surface area contributed by atoms with E-state index in [1.807, 2.05) is 23.9 Å². The molecule has 0 saturated heterocycles. The lowest BCUT2D eigenvalue weighted by Crippen LogP contribution is -2.17. The third-order valence-electron chi connectivity index (χ3n) is 3.27. The normalized spacial score (nSPS) is 24.4. The van der Waals surface area contributed by atoms with E-state index in [1.54, 1.807) is 0 Å². The molecule has 0 aliphatic carbocycles. The largest absolute Gasteiger partial charge is 0.388 e. The van der Waals surface area contributed by atoms with E-state index in [0.717, 1.165) is 11.3 Å². The van der Waals surface area contributed by atoms with Crippen molar-refractivity contribution >= 4 is 22.5 Å². The number of aliphatic hydroxyl groups is 1. The number of aliphatic hydroxyl groups excluding tert-OH is 1. The zero-order valence-electron chi connectivity index (χ0n) is 9.18. The summed E-state index contributed by atoms with van der Waals surface area (Å²) in [6, 6.07) is 12.6. The summed E-state index contributed by atoms with van der Waals surface area (Å²) in [6.07, 6.45) is -0.317. The zero-order valence-corrected chi connectivity index (χ0v) is 10.00. The maximum absolute atomic E-state index is 10.3. The van der Waals surface area contributed by atoms with Crippen LogP contribution in [0.15, 0.2) is 41.3 Å². The van der Waals surface area contributed by atoms with Crippen LogP contribution in [0.2, 0.25) is 0 Å². The van der Waals surface area contributed by atoms with Gasteiger partial charge in [0.15, 0.2) is 0 Å². The highest BCUT2D eigenvalue weighted by atomic mass is 32.2. The van der Waals surface area contributed by atoms with E-state index in [9.17, 15) is 5.11 Å². The summed E-state index contributed by atoms with van der Waals surface area (Å²) in [5.41, 5.74) is 1.13. The number of hydrogen-bond donors (Lipinski definition) is 1. The first-order valence-electron chi connectivity index (χ1n) is 5.60. The minimum absolute atomic E-state index is 0.317. The van der Waals surface area contributed by atoms with Crippen LogP contribution in [0, 0.1) is 5.92 Å². The van der Waals surface area contributed by atoms with Crippen molar-refractivity contribution in [1.29, 1.82) is 0 Å². The highest BCUT2D eigenvalue weighted by Gasteiger charge is 2.26. The van der Waals surface area contributed by atoms with E-state index >= 15 is 0 Å². The fourth-order valence-corrected chi connectivity index (χ4v) is 3.48. The molecule has 1 N–H and O–H groups in total. The fourth-order valence-electron chi connectivity index (χ4n) is 2.30. The number of rotatable bonds is 0. The number of thioether (sulfide) groups is 1. The Morgan fingerprint density at radius 1 is 1.19 bits per heavy atom. The summed E-state index contributed by atoms with van der Waals surface area (Å²) < 4.78 is 0. The Kier molecular flexibility index (Phi) is 2.41. The first kappa shape index (κ1) is 10.2. The van der Waals surface area contributed by atoms with Gasteiger partial charge >= 0.3 is 0 Å². The molecule has 2 aromatic rings. The Labute approximate surface area is 99.5 Å². The third-order valence-corrected chi connectivity index (χ3v) is 4.63. The molecule has 16 heavy (non-hydrogen) atoms. The van der Waals surface area contributed by atoms with Crippen LogP contribution in [0.25, 0.3) is 10.8 Å². The van der Waals surface area contributed by atoms with Gasteiger partial charge in [-0.3, -0.25) is 0 Å². The van der Waals surface area contributed by atoms with Crippen LogP contribution in [-0.2, 0) is 0 Å². The van der Waals surface area contributed by atoms with Gasteiger partial charge in [-0.05, 0) is 22.8 Å². The molecule has 0 fully saturated rings. The topological polar surface area (TPSA) is 20.2 Å². The van der Waals surface area contributed by atoms with Crippen LogP contribution in [0.1, 0.15) is 18.6 Å². The number of benzene rings is 2. The number of hydrogen-bond acceptors (Lipinski definition) is 2. The summed E-state index contributed by atoms with van der Waals surface area (Å²) in [4.78, 5) is 1.24. The highest BCUT2D eigenvalue weighted by Crippen LogP contribution is 2.42. The Balaban J connectivity index is 2.32. The van der Waals surface area contributed by atoms with Gasteiger partial charge in [-0.25, -0.2) is 0 Å². The van der Waals surface area contributed by atoms with Crippen LogP contribution >= 0.6 is 11.8 Å². The standard InChI is InChI=1S/C14H14OS/c1-9-8-16-12-7-6-10-4-2-3-5-11(10)13(12)14(9)15/h2-7,9,14-15H,8H2,1H3. The van der Waals surface area contributed by atoms with Crippen molar-refractivity contribution in [3.05, 3.63) is 42.0 Å². The second-order valence-electron chi connectivity index (χ2n) is 4.43. The quantitative estimate of drug-likeness (QED) is 0.746. The lowest BCUT2D eigenvalue weighted by Gasteiger charge is -2.28. The molecular weight excluding hydrogens is 216 g/mol. The van der Waals surface area contributed by atoms with E-state index in [4.69, 9.17) is 0 Å². The fraction of sp³-hybridized carbons (Fsp3) is 0.286. The highest BCUT2D eigenvalue weighted by molar-refractivity contribution is 7.99. The van der Waals surface area contributed by atoms with Gasteiger partial charge in [0.05, 0.1) is 6.10 Å². The van der Waals surface area contributed by atoms with Crippen molar-refractivity contribution < 1.29 is 5.11 Å². The van der Waals surface area contributed by atoms with Crippen LogP contribution in [-0.4, -0.2) is 10.9 Å². The molecule has 1 aliphatic heterocycles. The molecule has 2 unspecified atom stereocenters. The second-order valence-corrected chi connectivity index (χ2v) is 5.49. The van der Waals surface area contributed by atoms with Crippen LogP contribution in [0.3, 0.4) is 0 Å². The molecule has 3 rings (SSSR count). The zero-order chi connectivity index (χ0) is 11.1. The van der Waals surface area contributed by atoms with Gasteiger partial charge in [-0.2, -0.15) is 0 Å². The monoisotopic (exact) mass is 230 g/mol. The average Bonchev–Trinajstić information content (AvgIpc) is 2.33. The molecular formula is C14H14OS. The molecule has 1 aliphatic rings. The predicted molar refractivity (Wildman–Crippen MR) is 68.8 cm³/mol. The molecule has 0 saturated carbocycles. The number of fused-ring (bicyclic) bond motifs is 3. The van der Waals surface area contributed by atoms with Crippen molar-refractivity contribution in [3.8, 4) is 0 Å². The molecule has 0 amide bonds. The summed E-state index contributed by atoms with van der Waals surface area (Å²) in [5.74, 6) is 1.34. The van der Waals surface area contributed by atoms with Crippen LogP contribution in [0.5, 0.6) is 0 Å². The third kappa shape index (κ3) is 1.45. The van der Waals surface area contributed by atoms with Crippen molar-refractivity contribution in [1.82, 2.24) is 0 Å². The van der Waals surface area contributed by atoms with Crippen molar-refractivity contribution in [2.75, 3.05) is 5.75 Å². The molecule has 82 valence electrons. The van der Waals surface area contributed by atoms with Crippen molar-refractivity contribution in [3.63, 3.8) is 0 Å². The minimum Gasteiger partial charge on any atom is -0.388 e. The molecule has 2 atom stereocenters. The maximum Gasteiger partial charge on any atom is 0.0840 e. The maximum atomic E-state index is 10.3. The Bertz CT molecular complexity index is 535. The van der Waals surface area contributed by atoms with Gasteiger partial charge in [-0.15, -0.1) is 11.8 Å². The van der Waals surface area contributed by atoms with Crippen LogP contribution in [0.4, 0.5) is 0 Å². The summed E-state index contributed by atoms with van der Waals surface area (Å²) >= 11 is 1.86. The molecule has 2 aromatic carbocycles. The second kappa shape index (κ2) is 3.79. The van der Waals surface area contributed by atoms with E-state index in [-0.39, 0.29) is 6.10 Å². The lowest BCUT2D eigenvalue weighted by atomic mass is 9.93. The van der Waals surface area contributed by atoms with Gasteiger partial charge in [0, 0.05) is 16.2 Å². The molecule has 0 bridgehead atoms. The smallest absolute Gasteiger partial charge is 0.0840 e. The summed E-state index contributed by atoms with van der Waals surface area (Å²) in [7, 11) is 0. The van der Waals surface area contributed by atoms with Crippen molar-refractivity contribution in [2.24, 2.45) is 5.92 Å². The van der Waals surface area contributed by atoms with E-state index < -0.39 is 0 Å². The van der Waals surface area contributed by atoms with Gasteiger partial charge < -0.3 is 5.11 Å². The molecule has 0 aromatic heterocycles. The van der Waals surface area contributed by atoms with E-state index in [2.05, 4.69) is 31.2 Å². The molecule has 2 heteroatoms. The van der Waals surface area contributed by atoms with Gasteiger partial charge in [0.2, 0.25) is 0 Å². The Morgan fingerprint density at radius 2 is 2.00 bits per heavy atom. The predicted octanol–water partition coefficient (Wildman–Crippen LogP) is 3.62. The average molecular weight is 230 g/mol. The van der Waals surface area contributed by atoms with Gasteiger partial charge in [0.1, 0.15) is 0 Å². The van der Waals surface area contributed by atoms with Gasteiger partial charge in [0.25, 0.3) is 0 Å². The molecule has 0 radical (unpaired) electrons. The van der Waals surface area contributed by atoms with Crippen LogP contribution < -0.4 is 0 Å². The first-order valence-corrected chi connectivity index (χ1v) is 6.58. The minimum atomic E-state index is -0.317. The molecule has 0 spiro atoms. The Morgan fingerprint density at radius 3 is 2.88 bits per heavy atom. The lowest BCUT2D eigenvalue weighted by molar-refractivity contribution is 0.125.